The van der Waals surface area contributed by atoms with E-state index in [0.717, 1.165) is 5.82 Å². The molecule has 0 aliphatic heterocycles. The molecule has 1 aliphatic rings. The molecule has 1 heterocycles. The Bertz CT molecular complexity index is 234. The van der Waals surface area contributed by atoms with Crippen molar-refractivity contribution in [1.29, 1.82) is 0 Å². The summed E-state index contributed by atoms with van der Waals surface area (Å²) in [5.41, 5.74) is 6.05. The van der Waals surface area contributed by atoms with E-state index in [-0.39, 0.29) is 11.5 Å². The van der Waals surface area contributed by atoms with Crippen LogP contribution < -0.4 is 5.73 Å². The first-order valence-electron chi connectivity index (χ1n) is 4.01. The molecular formula is C8H13N3. The fourth-order valence-corrected chi connectivity index (χ4v) is 1.58. The molecule has 1 aliphatic carbocycles. The van der Waals surface area contributed by atoms with Crippen molar-refractivity contribution in [3.63, 3.8) is 0 Å². The summed E-state index contributed by atoms with van der Waals surface area (Å²) in [7, 11) is 0. The number of nitrogens with one attached hydrogen (secondary N) is 1. The predicted molar refractivity (Wildman–Crippen MR) is 43.1 cm³/mol. The van der Waals surface area contributed by atoms with Gasteiger partial charge in [0.1, 0.15) is 5.82 Å². The second-order valence-corrected chi connectivity index (χ2v) is 3.38. The molecule has 11 heavy (non-hydrogen) atoms. The molecular weight excluding hydrogens is 138 g/mol. The molecule has 0 bridgehead atoms. The number of aromatic amines is 1. The molecule has 0 saturated heterocycles. The number of H-pyrrole nitrogens is 1. The van der Waals surface area contributed by atoms with Crippen molar-refractivity contribution in [2.75, 3.05) is 0 Å². The summed E-state index contributed by atoms with van der Waals surface area (Å²) >= 11 is 0. The molecule has 0 amide bonds. The Labute approximate surface area is 66.0 Å². The number of hydrogen-bond acceptors (Lipinski definition) is 2. The Hall–Kier alpha value is -0.830. The van der Waals surface area contributed by atoms with E-state index in [0.29, 0.717) is 0 Å². The highest BCUT2D eigenvalue weighted by molar-refractivity contribution is 5.21. The third-order valence-corrected chi connectivity index (χ3v) is 2.63. The predicted octanol–water partition coefficient (Wildman–Crippen LogP) is 0.788. The fraction of sp³-hybridized carbons (Fsp3) is 0.625. The standard InChI is InChI=1S/C8H13N3/c1-6(9)8(2-3-8)7-10-4-5-11-7/h4-6H,2-3,9H2,1H3,(H,10,11). The van der Waals surface area contributed by atoms with E-state index in [1.54, 1.807) is 6.20 Å². The second-order valence-electron chi connectivity index (χ2n) is 3.38. The lowest BCUT2D eigenvalue weighted by Gasteiger charge is -2.15. The zero-order valence-electron chi connectivity index (χ0n) is 6.67. The monoisotopic (exact) mass is 151 g/mol. The fourth-order valence-electron chi connectivity index (χ4n) is 1.58. The van der Waals surface area contributed by atoms with Crippen LogP contribution in [0.15, 0.2) is 12.4 Å². The summed E-state index contributed by atoms with van der Waals surface area (Å²) in [6.45, 7) is 2.05. The van der Waals surface area contributed by atoms with E-state index in [2.05, 4.69) is 16.9 Å². The smallest absolute Gasteiger partial charge is 0.113 e. The Balaban J connectivity index is 2.29. The van der Waals surface area contributed by atoms with Gasteiger partial charge < -0.3 is 10.7 Å². The number of aromatic nitrogens is 2. The van der Waals surface area contributed by atoms with Crippen LogP contribution in [0.5, 0.6) is 0 Å². The number of hydrogen-bond donors (Lipinski definition) is 2. The van der Waals surface area contributed by atoms with E-state index in [4.69, 9.17) is 5.73 Å². The molecule has 3 N–H and O–H groups in total. The van der Waals surface area contributed by atoms with Crippen molar-refractivity contribution in [3.05, 3.63) is 18.2 Å². The molecule has 1 saturated carbocycles. The molecule has 2 rings (SSSR count). The Morgan fingerprint density at radius 1 is 1.73 bits per heavy atom. The summed E-state index contributed by atoms with van der Waals surface area (Å²) < 4.78 is 0. The first kappa shape index (κ1) is 6.85. The lowest BCUT2D eigenvalue weighted by molar-refractivity contribution is 0.530. The van der Waals surface area contributed by atoms with E-state index in [9.17, 15) is 0 Å². The minimum Gasteiger partial charge on any atom is -0.348 e. The van der Waals surface area contributed by atoms with Crippen LogP contribution in [0, 0.1) is 0 Å². The molecule has 60 valence electrons. The van der Waals surface area contributed by atoms with Crippen molar-refractivity contribution >= 4 is 0 Å². The van der Waals surface area contributed by atoms with Crippen LogP contribution in [0.2, 0.25) is 0 Å². The Morgan fingerprint density at radius 3 is 2.82 bits per heavy atom. The molecule has 1 atom stereocenters. The minimum absolute atomic E-state index is 0.184. The first-order chi connectivity index (χ1) is 5.26. The molecule has 1 aromatic heterocycles. The van der Waals surface area contributed by atoms with Crippen LogP contribution in [0.1, 0.15) is 25.6 Å². The van der Waals surface area contributed by atoms with Gasteiger partial charge >= 0.3 is 0 Å². The van der Waals surface area contributed by atoms with Crippen LogP contribution in [0.4, 0.5) is 0 Å². The van der Waals surface area contributed by atoms with Crippen LogP contribution in [-0.4, -0.2) is 16.0 Å². The van der Waals surface area contributed by atoms with Gasteiger partial charge in [0.2, 0.25) is 0 Å². The van der Waals surface area contributed by atoms with Crippen molar-refractivity contribution in [2.24, 2.45) is 5.73 Å². The van der Waals surface area contributed by atoms with Gasteiger partial charge in [0.15, 0.2) is 0 Å². The summed E-state index contributed by atoms with van der Waals surface area (Å²) in [4.78, 5) is 7.37. The average molecular weight is 151 g/mol. The van der Waals surface area contributed by atoms with Crippen molar-refractivity contribution in [1.82, 2.24) is 9.97 Å². The zero-order chi connectivity index (χ0) is 7.90. The van der Waals surface area contributed by atoms with Gasteiger partial charge in [-0.25, -0.2) is 4.98 Å². The van der Waals surface area contributed by atoms with E-state index in [1.165, 1.54) is 12.8 Å². The first-order valence-corrected chi connectivity index (χ1v) is 4.01. The van der Waals surface area contributed by atoms with E-state index in [1.807, 2.05) is 6.20 Å². The van der Waals surface area contributed by atoms with E-state index < -0.39 is 0 Å². The maximum atomic E-state index is 5.86. The second kappa shape index (κ2) is 2.08. The quantitative estimate of drug-likeness (QED) is 0.656. The number of imidazole rings is 1. The molecule has 0 aromatic carbocycles. The lowest BCUT2D eigenvalue weighted by Crippen LogP contribution is -2.32. The van der Waals surface area contributed by atoms with Crippen LogP contribution in [0.3, 0.4) is 0 Å². The van der Waals surface area contributed by atoms with Crippen LogP contribution in [-0.2, 0) is 5.41 Å². The maximum Gasteiger partial charge on any atom is 0.113 e. The number of nitrogens with zero attached hydrogens (tertiary/aromatic N) is 1. The maximum absolute atomic E-state index is 5.86. The topological polar surface area (TPSA) is 54.7 Å². The summed E-state index contributed by atoms with van der Waals surface area (Å²) in [5.74, 6) is 1.06. The zero-order valence-corrected chi connectivity index (χ0v) is 6.67. The van der Waals surface area contributed by atoms with Gasteiger partial charge in [-0.1, -0.05) is 0 Å². The molecule has 1 aromatic rings. The number of rotatable bonds is 2. The molecule has 0 spiro atoms. The normalized spacial score (nSPS) is 23.1. The summed E-state index contributed by atoms with van der Waals surface area (Å²) in [6.07, 6.45) is 6.01. The highest BCUT2D eigenvalue weighted by Crippen LogP contribution is 2.48. The van der Waals surface area contributed by atoms with Gasteiger partial charge in [-0.3, -0.25) is 0 Å². The van der Waals surface area contributed by atoms with Crippen molar-refractivity contribution in [3.8, 4) is 0 Å². The molecule has 3 heteroatoms. The van der Waals surface area contributed by atoms with Gasteiger partial charge in [0.05, 0.1) is 0 Å². The third-order valence-electron chi connectivity index (χ3n) is 2.63. The highest BCUT2D eigenvalue weighted by Gasteiger charge is 2.49. The lowest BCUT2D eigenvalue weighted by atomic mass is 9.98. The van der Waals surface area contributed by atoms with Gasteiger partial charge in [-0.2, -0.15) is 0 Å². The third kappa shape index (κ3) is 0.878. The Morgan fingerprint density at radius 2 is 2.45 bits per heavy atom. The summed E-state index contributed by atoms with van der Waals surface area (Å²) in [6, 6.07) is 0.216. The molecule has 0 radical (unpaired) electrons. The SMILES string of the molecule is CC(N)C1(c2ncc[nH]2)CC1. The highest BCUT2D eigenvalue weighted by atomic mass is 15.0. The van der Waals surface area contributed by atoms with Crippen molar-refractivity contribution in [2.45, 2.75) is 31.2 Å². The largest absolute Gasteiger partial charge is 0.348 e. The molecule has 1 fully saturated rings. The van der Waals surface area contributed by atoms with Gasteiger partial charge in [0, 0.05) is 23.9 Å². The molecule has 3 nitrogen and oxygen atoms in total. The van der Waals surface area contributed by atoms with Gasteiger partial charge in [-0.15, -0.1) is 0 Å². The number of nitrogens with two attached hydrogens (primary N) is 1. The summed E-state index contributed by atoms with van der Waals surface area (Å²) in [5, 5.41) is 0. The Kier molecular flexibility index (Phi) is 1.29. The average Bonchev–Trinajstić information content (AvgIpc) is 2.61. The van der Waals surface area contributed by atoms with Gasteiger partial charge in [0.25, 0.3) is 0 Å². The van der Waals surface area contributed by atoms with Crippen LogP contribution >= 0.6 is 0 Å². The van der Waals surface area contributed by atoms with E-state index >= 15 is 0 Å². The minimum atomic E-state index is 0.184. The van der Waals surface area contributed by atoms with Crippen molar-refractivity contribution < 1.29 is 0 Å². The molecule has 1 unspecified atom stereocenters. The van der Waals surface area contributed by atoms with Gasteiger partial charge in [-0.05, 0) is 19.8 Å². The van der Waals surface area contributed by atoms with Crippen LogP contribution in [0.25, 0.3) is 0 Å².